The van der Waals surface area contributed by atoms with E-state index in [0.717, 1.165) is 42.5 Å². The van der Waals surface area contributed by atoms with Crippen LogP contribution in [0.1, 0.15) is 24.8 Å². The molecule has 3 heterocycles. The summed E-state index contributed by atoms with van der Waals surface area (Å²) in [5.41, 5.74) is 1.88. The highest BCUT2D eigenvalue weighted by atomic mass is 16.2. The third kappa shape index (κ3) is 3.52. The molecule has 0 saturated carbocycles. The van der Waals surface area contributed by atoms with Crippen LogP contribution in [-0.2, 0) is 23.1 Å². The minimum Gasteiger partial charge on any atom is -0.356 e. The van der Waals surface area contributed by atoms with Gasteiger partial charge in [0.2, 0.25) is 11.8 Å². The van der Waals surface area contributed by atoms with Crippen molar-refractivity contribution in [3.8, 4) is 0 Å². The van der Waals surface area contributed by atoms with E-state index in [-0.39, 0.29) is 11.8 Å². The number of pyridine rings is 1. The Morgan fingerprint density at radius 3 is 3.09 bits per heavy atom. The second kappa shape index (κ2) is 6.81. The van der Waals surface area contributed by atoms with Crippen molar-refractivity contribution in [2.45, 2.75) is 25.7 Å². The molecular weight excluding hydrogens is 292 g/mol. The lowest BCUT2D eigenvalue weighted by atomic mass is 10.1. The lowest BCUT2D eigenvalue weighted by molar-refractivity contribution is -0.127. The second-order valence-corrected chi connectivity index (χ2v) is 6.00. The van der Waals surface area contributed by atoms with Gasteiger partial charge in [0.15, 0.2) is 0 Å². The van der Waals surface area contributed by atoms with E-state index in [0.29, 0.717) is 19.4 Å². The molecule has 0 bridgehead atoms. The summed E-state index contributed by atoms with van der Waals surface area (Å²) in [6, 6.07) is 3.88. The van der Waals surface area contributed by atoms with E-state index in [2.05, 4.69) is 10.3 Å². The predicted octanol–water partition coefficient (Wildman–Crippen LogP) is 1.24. The van der Waals surface area contributed by atoms with Gasteiger partial charge >= 0.3 is 0 Å². The van der Waals surface area contributed by atoms with Crippen molar-refractivity contribution in [3.05, 3.63) is 30.1 Å². The van der Waals surface area contributed by atoms with Crippen molar-refractivity contribution in [3.63, 3.8) is 0 Å². The molecule has 1 aliphatic rings. The molecule has 0 aliphatic carbocycles. The zero-order valence-corrected chi connectivity index (χ0v) is 13.4. The first kappa shape index (κ1) is 15.5. The first-order valence-electron chi connectivity index (χ1n) is 8.08. The van der Waals surface area contributed by atoms with Gasteiger partial charge in [-0.3, -0.25) is 9.59 Å². The van der Waals surface area contributed by atoms with Gasteiger partial charge < -0.3 is 14.8 Å². The largest absolute Gasteiger partial charge is 0.356 e. The van der Waals surface area contributed by atoms with Crippen LogP contribution in [0.3, 0.4) is 0 Å². The van der Waals surface area contributed by atoms with E-state index < -0.39 is 0 Å². The maximum absolute atomic E-state index is 12.1. The molecule has 1 N–H and O–H groups in total. The number of aryl methyl sites for hydroxylation is 1. The molecule has 122 valence electrons. The Kier molecular flexibility index (Phi) is 4.60. The average Bonchev–Trinajstić information content (AvgIpc) is 3.09. The molecule has 2 amide bonds. The number of hydrogen-bond acceptors (Lipinski definition) is 3. The second-order valence-electron chi connectivity index (χ2n) is 6.00. The number of fused-ring (bicyclic) bond motifs is 1. The van der Waals surface area contributed by atoms with Crippen molar-refractivity contribution >= 4 is 22.8 Å². The summed E-state index contributed by atoms with van der Waals surface area (Å²) in [6.07, 6.45) is 6.49. The number of carbonyl (C=O) groups excluding carboxylic acids is 2. The summed E-state index contributed by atoms with van der Waals surface area (Å²) in [4.78, 5) is 29.8. The highest BCUT2D eigenvalue weighted by molar-refractivity contribution is 5.87. The Bertz CT molecular complexity index is 722. The van der Waals surface area contributed by atoms with Crippen LogP contribution in [0.2, 0.25) is 0 Å². The summed E-state index contributed by atoms with van der Waals surface area (Å²) in [5, 5.41) is 3.96. The third-order valence-corrected chi connectivity index (χ3v) is 4.27. The van der Waals surface area contributed by atoms with Gasteiger partial charge in [0.1, 0.15) is 5.65 Å². The van der Waals surface area contributed by atoms with E-state index in [1.54, 1.807) is 6.20 Å². The Morgan fingerprint density at radius 1 is 1.43 bits per heavy atom. The molecular formula is C17H22N4O2. The number of amides is 2. The van der Waals surface area contributed by atoms with Crippen LogP contribution < -0.4 is 5.32 Å². The molecule has 0 aromatic carbocycles. The maximum atomic E-state index is 12.1. The van der Waals surface area contributed by atoms with Gasteiger partial charge in [0, 0.05) is 50.9 Å². The number of nitrogens with zero attached hydrogens (tertiary/aromatic N) is 3. The van der Waals surface area contributed by atoms with Crippen molar-refractivity contribution < 1.29 is 9.59 Å². The van der Waals surface area contributed by atoms with E-state index in [9.17, 15) is 9.59 Å². The number of nitrogens with one attached hydrogen (secondary N) is 1. The van der Waals surface area contributed by atoms with Crippen molar-refractivity contribution in [1.82, 2.24) is 19.8 Å². The smallest absolute Gasteiger partial charge is 0.224 e. The fourth-order valence-corrected chi connectivity index (χ4v) is 3.11. The number of aromatic nitrogens is 2. The summed E-state index contributed by atoms with van der Waals surface area (Å²) in [5.74, 6) is 0.244. The molecule has 6 nitrogen and oxygen atoms in total. The minimum atomic E-state index is 0.00843. The zero-order valence-electron chi connectivity index (χ0n) is 13.4. The van der Waals surface area contributed by atoms with E-state index >= 15 is 0 Å². The molecule has 23 heavy (non-hydrogen) atoms. The van der Waals surface area contributed by atoms with Gasteiger partial charge in [0.25, 0.3) is 0 Å². The number of likely N-dealkylation sites (tertiary alicyclic amines) is 1. The molecule has 0 spiro atoms. The van der Waals surface area contributed by atoms with Gasteiger partial charge in [0.05, 0.1) is 6.42 Å². The first-order chi connectivity index (χ1) is 11.1. The number of rotatable bonds is 6. The highest BCUT2D eigenvalue weighted by Gasteiger charge is 2.19. The average molecular weight is 314 g/mol. The van der Waals surface area contributed by atoms with Crippen LogP contribution in [0.25, 0.3) is 11.0 Å². The fourth-order valence-electron chi connectivity index (χ4n) is 3.11. The SMILES string of the molecule is Cn1cc(CC(=O)NCCCN2CCCC2=O)c2cccnc21. The number of hydrogen-bond donors (Lipinski definition) is 1. The zero-order chi connectivity index (χ0) is 16.2. The molecule has 0 radical (unpaired) electrons. The molecule has 1 fully saturated rings. The molecule has 0 unspecified atom stereocenters. The van der Waals surface area contributed by atoms with Crippen LogP contribution in [0.5, 0.6) is 0 Å². The van der Waals surface area contributed by atoms with E-state index in [1.165, 1.54) is 0 Å². The lowest BCUT2D eigenvalue weighted by Gasteiger charge is -2.15. The predicted molar refractivity (Wildman–Crippen MR) is 87.9 cm³/mol. The van der Waals surface area contributed by atoms with E-state index in [1.807, 2.05) is 34.8 Å². The molecule has 2 aromatic heterocycles. The summed E-state index contributed by atoms with van der Waals surface area (Å²) in [7, 11) is 1.93. The molecule has 1 saturated heterocycles. The van der Waals surface area contributed by atoms with Gasteiger partial charge in [-0.15, -0.1) is 0 Å². The van der Waals surface area contributed by atoms with Gasteiger partial charge in [-0.1, -0.05) is 0 Å². The highest BCUT2D eigenvalue weighted by Crippen LogP contribution is 2.18. The van der Waals surface area contributed by atoms with Crippen molar-refractivity contribution in [2.75, 3.05) is 19.6 Å². The van der Waals surface area contributed by atoms with Gasteiger partial charge in [-0.25, -0.2) is 4.98 Å². The summed E-state index contributed by atoms with van der Waals surface area (Å²) in [6.45, 7) is 2.19. The first-order valence-corrected chi connectivity index (χ1v) is 8.08. The van der Waals surface area contributed by atoms with Crippen molar-refractivity contribution in [1.29, 1.82) is 0 Å². The third-order valence-electron chi connectivity index (χ3n) is 4.27. The van der Waals surface area contributed by atoms with Crippen molar-refractivity contribution in [2.24, 2.45) is 7.05 Å². The number of carbonyl (C=O) groups is 2. The standard InChI is InChI=1S/C17H22N4O2/c1-20-12-13(14-5-2-7-19-17(14)20)11-15(22)18-8-4-10-21-9-3-6-16(21)23/h2,5,7,12H,3-4,6,8-11H2,1H3,(H,18,22). The molecule has 2 aromatic rings. The summed E-state index contributed by atoms with van der Waals surface area (Å²) < 4.78 is 1.94. The molecule has 0 atom stereocenters. The fraction of sp³-hybridized carbons (Fsp3) is 0.471. The Hall–Kier alpha value is -2.37. The van der Waals surface area contributed by atoms with Crippen LogP contribution in [0, 0.1) is 0 Å². The minimum absolute atomic E-state index is 0.00843. The quantitative estimate of drug-likeness (QED) is 0.816. The summed E-state index contributed by atoms with van der Waals surface area (Å²) >= 11 is 0. The monoisotopic (exact) mass is 314 g/mol. The van der Waals surface area contributed by atoms with Crippen LogP contribution >= 0.6 is 0 Å². The molecule has 6 heteroatoms. The Balaban J connectivity index is 1.48. The Labute approximate surface area is 135 Å². The van der Waals surface area contributed by atoms with Crippen LogP contribution in [0.15, 0.2) is 24.5 Å². The van der Waals surface area contributed by atoms with Gasteiger partial charge in [-0.2, -0.15) is 0 Å². The van der Waals surface area contributed by atoms with Gasteiger partial charge in [-0.05, 0) is 30.5 Å². The van der Waals surface area contributed by atoms with Crippen LogP contribution in [-0.4, -0.2) is 45.9 Å². The topological polar surface area (TPSA) is 67.2 Å². The van der Waals surface area contributed by atoms with Crippen LogP contribution in [0.4, 0.5) is 0 Å². The molecule has 3 rings (SSSR count). The normalized spacial score (nSPS) is 14.7. The molecule has 1 aliphatic heterocycles. The van der Waals surface area contributed by atoms with E-state index in [4.69, 9.17) is 0 Å². The lowest BCUT2D eigenvalue weighted by Crippen LogP contribution is -2.31. The maximum Gasteiger partial charge on any atom is 0.224 e. The Morgan fingerprint density at radius 2 is 2.30 bits per heavy atom.